The summed E-state index contributed by atoms with van der Waals surface area (Å²) in [6.07, 6.45) is 1.43. The molecule has 5 nitrogen and oxygen atoms in total. The van der Waals surface area contributed by atoms with E-state index in [9.17, 15) is 9.59 Å². The highest BCUT2D eigenvalue weighted by atomic mass is 16.4. The third-order valence-corrected chi connectivity index (χ3v) is 2.80. The fraction of sp³-hybridized carbons (Fsp3) is 0.125. The molecule has 0 aliphatic carbocycles. The number of furan rings is 1. The quantitative estimate of drug-likeness (QED) is 0.649. The maximum atomic E-state index is 11.9. The summed E-state index contributed by atoms with van der Waals surface area (Å²) in [6, 6.07) is 9.63. The van der Waals surface area contributed by atoms with Crippen LogP contribution in [0.2, 0.25) is 0 Å². The van der Waals surface area contributed by atoms with Gasteiger partial charge in [-0.2, -0.15) is 0 Å². The zero-order chi connectivity index (χ0) is 15.4. The van der Waals surface area contributed by atoms with E-state index >= 15 is 0 Å². The van der Waals surface area contributed by atoms with Crippen LogP contribution in [0.5, 0.6) is 0 Å². The molecular formula is C16H15NO4. The molecule has 2 rings (SSSR count). The van der Waals surface area contributed by atoms with Gasteiger partial charge >= 0.3 is 5.97 Å². The maximum Gasteiger partial charge on any atom is 0.335 e. The first-order valence-electron chi connectivity index (χ1n) is 6.35. The van der Waals surface area contributed by atoms with Gasteiger partial charge in [0.05, 0.1) is 5.56 Å². The number of anilines is 1. The van der Waals surface area contributed by atoms with E-state index in [0.717, 1.165) is 0 Å². The van der Waals surface area contributed by atoms with E-state index < -0.39 is 5.97 Å². The predicted molar refractivity (Wildman–Crippen MR) is 78.6 cm³/mol. The van der Waals surface area contributed by atoms with Crippen LogP contribution in [0.1, 0.15) is 33.6 Å². The second kappa shape index (κ2) is 6.09. The Labute approximate surface area is 121 Å². The van der Waals surface area contributed by atoms with Crippen LogP contribution in [0, 0.1) is 6.92 Å². The smallest absolute Gasteiger partial charge is 0.335 e. The van der Waals surface area contributed by atoms with Crippen molar-refractivity contribution in [3.8, 4) is 0 Å². The minimum Gasteiger partial charge on any atom is -0.478 e. The van der Waals surface area contributed by atoms with E-state index in [4.69, 9.17) is 9.52 Å². The van der Waals surface area contributed by atoms with Gasteiger partial charge in [0.2, 0.25) is 5.78 Å². The minimum absolute atomic E-state index is 0.212. The van der Waals surface area contributed by atoms with Crippen molar-refractivity contribution in [2.75, 3.05) is 5.32 Å². The molecule has 0 spiro atoms. The molecule has 2 aromatic rings. The number of carbonyl (C=O) groups excluding carboxylic acids is 1. The van der Waals surface area contributed by atoms with E-state index in [1.165, 1.54) is 18.2 Å². The van der Waals surface area contributed by atoms with Crippen molar-refractivity contribution < 1.29 is 19.1 Å². The molecule has 0 saturated heterocycles. The number of aromatic carboxylic acids is 1. The zero-order valence-electron chi connectivity index (χ0n) is 11.7. The number of hydrogen-bond donors (Lipinski definition) is 2. The summed E-state index contributed by atoms with van der Waals surface area (Å²) in [6.45, 7) is 3.52. The highest BCUT2D eigenvalue weighted by Crippen LogP contribution is 2.13. The molecule has 108 valence electrons. The monoisotopic (exact) mass is 285 g/mol. The summed E-state index contributed by atoms with van der Waals surface area (Å²) in [5.41, 5.74) is 1.55. The summed E-state index contributed by atoms with van der Waals surface area (Å²) in [5.74, 6) is -0.232. The van der Waals surface area contributed by atoms with Crippen LogP contribution in [0.3, 0.4) is 0 Å². The van der Waals surface area contributed by atoms with Crippen molar-refractivity contribution in [3.63, 3.8) is 0 Å². The van der Waals surface area contributed by atoms with Crippen molar-refractivity contribution in [1.82, 2.24) is 0 Å². The van der Waals surface area contributed by atoms with E-state index in [0.29, 0.717) is 17.1 Å². The number of carbonyl (C=O) groups is 2. The second-order valence-corrected chi connectivity index (χ2v) is 4.61. The largest absolute Gasteiger partial charge is 0.478 e. The van der Waals surface area contributed by atoms with Gasteiger partial charge in [0, 0.05) is 17.5 Å². The Morgan fingerprint density at radius 1 is 1.14 bits per heavy atom. The highest BCUT2D eigenvalue weighted by molar-refractivity contribution is 6.03. The molecule has 5 heteroatoms. The lowest BCUT2D eigenvalue weighted by atomic mass is 10.2. The minimum atomic E-state index is -0.975. The number of rotatable bonds is 5. The van der Waals surface area contributed by atoms with Gasteiger partial charge in [-0.15, -0.1) is 0 Å². The van der Waals surface area contributed by atoms with Gasteiger partial charge in [-0.25, -0.2) is 4.79 Å². The molecule has 0 atom stereocenters. The molecule has 0 aliphatic rings. The Morgan fingerprint density at radius 3 is 2.33 bits per heavy atom. The first-order valence-corrected chi connectivity index (χ1v) is 6.35. The van der Waals surface area contributed by atoms with Gasteiger partial charge < -0.3 is 14.8 Å². The van der Waals surface area contributed by atoms with Gasteiger partial charge in [0.25, 0.3) is 0 Å². The van der Waals surface area contributed by atoms with E-state index in [2.05, 4.69) is 5.32 Å². The lowest BCUT2D eigenvalue weighted by Gasteiger charge is -2.06. The Bertz CT molecular complexity index is 695. The Kier molecular flexibility index (Phi) is 4.23. The average molecular weight is 285 g/mol. The molecule has 0 bridgehead atoms. The molecule has 0 amide bonds. The molecule has 1 heterocycles. The number of carboxylic acid groups (broad SMARTS) is 1. The van der Waals surface area contributed by atoms with Crippen LogP contribution in [-0.4, -0.2) is 16.9 Å². The van der Waals surface area contributed by atoms with Crippen LogP contribution in [0.15, 0.2) is 52.6 Å². The summed E-state index contributed by atoms with van der Waals surface area (Å²) in [4.78, 5) is 22.7. The standard InChI is InChI=1S/C16H15NO4/c1-10(9-14(18)15-8-3-11(2)21-15)17-13-6-4-12(5-7-13)16(19)20/h3-9,17H,1-2H3,(H,19,20)/b10-9+. The average Bonchev–Trinajstić information content (AvgIpc) is 2.86. The number of hydrogen-bond acceptors (Lipinski definition) is 4. The SMILES string of the molecule is C/C(=C\C(=O)c1ccc(C)o1)Nc1ccc(C(=O)O)cc1. The van der Waals surface area contributed by atoms with Crippen molar-refractivity contribution in [2.24, 2.45) is 0 Å². The molecular weight excluding hydrogens is 270 g/mol. The van der Waals surface area contributed by atoms with Crippen LogP contribution in [0.4, 0.5) is 5.69 Å². The number of allylic oxidation sites excluding steroid dienone is 2. The molecule has 1 aromatic heterocycles. The topological polar surface area (TPSA) is 79.5 Å². The van der Waals surface area contributed by atoms with E-state index in [-0.39, 0.29) is 17.1 Å². The predicted octanol–water partition coefficient (Wildman–Crippen LogP) is 3.48. The van der Waals surface area contributed by atoms with Gasteiger partial charge in [0.15, 0.2) is 5.76 Å². The van der Waals surface area contributed by atoms with Crippen LogP contribution in [-0.2, 0) is 0 Å². The Balaban J connectivity index is 2.06. The van der Waals surface area contributed by atoms with Crippen molar-refractivity contribution in [1.29, 1.82) is 0 Å². The molecule has 1 aromatic carbocycles. The van der Waals surface area contributed by atoms with Gasteiger partial charge in [-0.1, -0.05) is 0 Å². The Morgan fingerprint density at radius 2 is 1.81 bits per heavy atom. The van der Waals surface area contributed by atoms with Crippen molar-refractivity contribution in [2.45, 2.75) is 13.8 Å². The third kappa shape index (κ3) is 3.82. The first kappa shape index (κ1) is 14.6. The molecule has 0 fully saturated rings. The second-order valence-electron chi connectivity index (χ2n) is 4.61. The van der Waals surface area contributed by atoms with Gasteiger partial charge in [-0.3, -0.25) is 4.79 Å². The third-order valence-electron chi connectivity index (χ3n) is 2.80. The fourth-order valence-corrected chi connectivity index (χ4v) is 1.79. The fourth-order valence-electron chi connectivity index (χ4n) is 1.79. The van der Waals surface area contributed by atoms with Crippen LogP contribution >= 0.6 is 0 Å². The van der Waals surface area contributed by atoms with Crippen LogP contribution < -0.4 is 5.32 Å². The summed E-state index contributed by atoms with van der Waals surface area (Å²) < 4.78 is 5.25. The van der Waals surface area contributed by atoms with E-state index in [1.54, 1.807) is 38.1 Å². The zero-order valence-corrected chi connectivity index (χ0v) is 11.7. The lowest BCUT2D eigenvalue weighted by molar-refractivity contribution is 0.0696. The molecule has 0 unspecified atom stereocenters. The van der Waals surface area contributed by atoms with E-state index in [1.807, 2.05) is 0 Å². The molecule has 0 aliphatic heterocycles. The lowest BCUT2D eigenvalue weighted by Crippen LogP contribution is -2.01. The summed E-state index contributed by atoms with van der Waals surface area (Å²) in [7, 11) is 0. The van der Waals surface area contributed by atoms with Crippen molar-refractivity contribution in [3.05, 3.63) is 65.3 Å². The van der Waals surface area contributed by atoms with Crippen LogP contribution in [0.25, 0.3) is 0 Å². The number of ketones is 1. The number of carboxylic acids is 1. The molecule has 21 heavy (non-hydrogen) atoms. The molecule has 0 saturated carbocycles. The molecule has 2 N–H and O–H groups in total. The van der Waals surface area contributed by atoms with Crippen molar-refractivity contribution >= 4 is 17.4 Å². The van der Waals surface area contributed by atoms with Gasteiger partial charge in [-0.05, 0) is 50.2 Å². The first-order chi connectivity index (χ1) is 9.95. The number of nitrogens with one attached hydrogen (secondary N) is 1. The summed E-state index contributed by atoms with van der Waals surface area (Å²) >= 11 is 0. The summed E-state index contributed by atoms with van der Waals surface area (Å²) in [5, 5.41) is 11.8. The number of benzene rings is 1. The highest BCUT2D eigenvalue weighted by Gasteiger charge is 2.08. The molecule has 0 radical (unpaired) electrons. The number of aryl methyl sites for hydroxylation is 1. The normalized spacial score (nSPS) is 11.2. The van der Waals surface area contributed by atoms with Gasteiger partial charge in [0.1, 0.15) is 5.76 Å². The Hall–Kier alpha value is -2.82. The maximum absolute atomic E-state index is 11.9.